The molecule has 5 heteroatoms. The highest BCUT2D eigenvalue weighted by Gasteiger charge is 2.27. The number of rotatable bonds is 3. The van der Waals surface area contributed by atoms with E-state index in [0.29, 0.717) is 29.5 Å². The first kappa shape index (κ1) is 14.5. The number of thioether (sulfide) groups is 2. The molecule has 2 rings (SSSR count). The molecule has 0 aromatic rings. The minimum Gasteiger partial charge on any atom is -0.341 e. The molecule has 0 saturated carbocycles. The molecule has 3 nitrogen and oxygen atoms in total. The third kappa shape index (κ3) is 4.07. The number of nitrogens with zero attached hydrogens (tertiary/aromatic N) is 1. The van der Waals surface area contributed by atoms with Crippen molar-refractivity contribution in [2.45, 2.75) is 31.6 Å². The SMILES string of the molecule is CC(C)C1CN(C(=O)CC2CSCCN2)CCS1. The smallest absolute Gasteiger partial charge is 0.224 e. The van der Waals surface area contributed by atoms with E-state index >= 15 is 0 Å². The first-order valence-corrected chi connectivity index (χ1v) is 9.07. The molecule has 2 fully saturated rings. The number of amides is 1. The summed E-state index contributed by atoms with van der Waals surface area (Å²) in [7, 11) is 0. The molecule has 2 aliphatic rings. The van der Waals surface area contributed by atoms with Gasteiger partial charge in [-0.25, -0.2) is 0 Å². The third-order valence-electron chi connectivity index (χ3n) is 3.61. The lowest BCUT2D eigenvalue weighted by Gasteiger charge is -2.35. The summed E-state index contributed by atoms with van der Waals surface area (Å²) in [5.41, 5.74) is 0. The Morgan fingerprint density at radius 1 is 1.44 bits per heavy atom. The van der Waals surface area contributed by atoms with Crippen LogP contribution in [0.5, 0.6) is 0 Å². The summed E-state index contributed by atoms with van der Waals surface area (Å²) >= 11 is 3.98. The summed E-state index contributed by atoms with van der Waals surface area (Å²) in [6.07, 6.45) is 0.683. The number of nitrogens with one attached hydrogen (secondary N) is 1. The van der Waals surface area contributed by atoms with E-state index in [1.54, 1.807) is 0 Å². The summed E-state index contributed by atoms with van der Waals surface area (Å²) in [6, 6.07) is 0.392. The van der Waals surface area contributed by atoms with E-state index in [1.165, 1.54) is 5.75 Å². The molecule has 2 saturated heterocycles. The number of carbonyl (C=O) groups is 1. The van der Waals surface area contributed by atoms with Crippen LogP contribution >= 0.6 is 23.5 Å². The molecule has 0 spiro atoms. The van der Waals surface area contributed by atoms with Crippen LogP contribution in [0, 0.1) is 5.92 Å². The molecule has 18 heavy (non-hydrogen) atoms. The largest absolute Gasteiger partial charge is 0.341 e. The van der Waals surface area contributed by atoms with Gasteiger partial charge in [-0.2, -0.15) is 23.5 Å². The van der Waals surface area contributed by atoms with Crippen LogP contribution in [0.2, 0.25) is 0 Å². The molecular formula is C13H24N2OS2. The van der Waals surface area contributed by atoms with E-state index in [9.17, 15) is 4.79 Å². The van der Waals surface area contributed by atoms with Crippen LogP contribution in [0.4, 0.5) is 0 Å². The quantitative estimate of drug-likeness (QED) is 0.856. The lowest BCUT2D eigenvalue weighted by Crippen LogP contribution is -2.47. The maximum atomic E-state index is 12.3. The average Bonchev–Trinajstić information content (AvgIpc) is 2.40. The van der Waals surface area contributed by atoms with Crippen molar-refractivity contribution in [2.75, 3.05) is 36.9 Å². The fourth-order valence-electron chi connectivity index (χ4n) is 2.40. The molecule has 0 bridgehead atoms. The summed E-state index contributed by atoms with van der Waals surface area (Å²) in [4.78, 5) is 14.4. The monoisotopic (exact) mass is 288 g/mol. The van der Waals surface area contributed by atoms with E-state index in [1.807, 2.05) is 23.5 Å². The average molecular weight is 288 g/mol. The van der Waals surface area contributed by atoms with Gasteiger partial charge in [-0.1, -0.05) is 13.8 Å². The van der Waals surface area contributed by atoms with Crippen molar-refractivity contribution in [1.29, 1.82) is 0 Å². The maximum absolute atomic E-state index is 12.3. The van der Waals surface area contributed by atoms with E-state index in [0.717, 1.165) is 31.1 Å². The predicted octanol–water partition coefficient (Wildman–Crippen LogP) is 1.68. The van der Waals surface area contributed by atoms with Crippen LogP contribution in [-0.2, 0) is 4.79 Å². The van der Waals surface area contributed by atoms with Crippen molar-refractivity contribution in [2.24, 2.45) is 5.92 Å². The van der Waals surface area contributed by atoms with Gasteiger partial charge in [0.05, 0.1) is 0 Å². The van der Waals surface area contributed by atoms with Crippen molar-refractivity contribution < 1.29 is 4.79 Å². The second kappa shape index (κ2) is 7.06. The van der Waals surface area contributed by atoms with Gasteiger partial charge in [-0.3, -0.25) is 4.79 Å². The maximum Gasteiger partial charge on any atom is 0.224 e. The minimum absolute atomic E-state index is 0.348. The van der Waals surface area contributed by atoms with Crippen LogP contribution in [-0.4, -0.2) is 59.0 Å². The van der Waals surface area contributed by atoms with Gasteiger partial charge in [0.1, 0.15) is 0 Å². The molecule has 0 aliphatic carbocycles. The fourth-order valence-corrected chi connectivity index (χ4v) is 4.64. The Balaban J connectivity index is 1.80. The second-order valence-corrected chi connectivity index (χ2v) is 7.92. The van der Waals surface area contributed by atoms with Crippen molar-refractivity contribution in [3.63, 3.8) is 0 Å². The first-order chi connectivity index (χ1) is 8.66. The van der Waals surface area contributed by atoms with Crippen LogP contribution < -0.4 is 5.32 Å². The zero-order valence-electron chi connectivity index (χ0n) is 11.4. The molecule has 104 valence electrons. The highest BCUT2D eigenvalue weighted by molar-refractivity contribution is 8.00. The highest BCUT2D eigenvalue weighted by atomic mass is 32.2. The summed E-state index contributed by atoms with van der Waals surface area (Å²) < 4.78 is 0. The predicted molar refractivity (Wildman–Crippen MR) is 81.4 cm³/mol. The highest BCUT2D eigenvalue weighted by Crippen LogP contribution is 2.25. The zero-order valence-corrected chi connectivity index (χ0v) is 13.0. The van der Waals surface area contributed by atoms with Crippen molar-refractivity contribution in [1.82, 2.24) is 10.2 Å². The van der Waals surface area contributed by atoms with Gasteiger partial charge in [0.15, 0.2) is 0 Å². The molecule has 2 heterocycles. The molecule has 2 atom stereocenters. The van der Waals surface area contributed by atoms with Gasteiger partial charge in [0.25, 0.3) is 0 Å². The molecule has 0 aromatic heterocycles. The van der Waals surface area contributed by atoms with Crippen molar-refractivity contribution in [3.05, 3.63) is 0 Å². The van der Waals surface area contributed by atoms with Crippen LogP contribution in [0.25, 0.3) is 0 Å². The molecule has 2 aliphatic heterocycles. The van der Waals surface area contributed by atoms with E-state index in [-0.39, 0.29) is 0 Å². The van der Waals surface area contributed by atoms with Gasteiger partial charge in [0, 0.05) is 54.6 Å². The number of hydrogen-bond donors (Lipinski definition) is 1. The van der Waals surface area contributed by atoms with Gasteiger partial charge in [0.2, 0.25) is 5.91 Å². The standard InChI is InChI=1S/C13H24N2OS2/c1-10(2)12-8-15(4-6-18-12)13(16)7-11-9-17-5-3-14-11/h10-12,14H,3-9H2,1-2H3. The van der Waals surface area contributed by atoms with Crippen LogP contribution in [0.15, 0.2) is 0 Å². The molecule has 2 unspecified atom stereocenters. The molecule has 1 amide bonds. The van der Waals surface area contributed by atoms with E-state index < -0.39 is 0 Å². The molecule has 0 radical (unpaired) electrons. The summed E-state index contributed by atoms with van der Waals surface area (Å²) in [5, 5.41) is 4.07. The van der Waals surface area contributed by atoms with Crippen molar-refractivity contribution in [3.8, 4) is 0 Å². The lowest BCUT2D eigenvalue weighted by atomic mass is 10.1. The Hall–Kier alpha value is 0.130. The Kier molecular flexibility index (Phi) is 5.70. The summed E-state index contributed by atoms with van der Waals surface area (Å²) in [6.45, 7) is 7.44. The van der Waals surface area contributed by atoms with Crippen molar-refractivity contribution >= 4 is 29.4 Å². The zero-order chi connectivity index (χ0) is 13.0. The normalized spacial score (nSPS) is 29.6. The third-order valence-corrected chi connectivity index (χ3v) is 6.28. The fraction of sp³-hybridized carbons (Fsp3) is 0.923. The number of hydrogen-bond acceptors (Lipinski definition) is 4. The lowest BCUT2D eigenvalue weighted by molar-refractivity contribution is -0.131. The number of carbonyl (C=O) groups excluding carboxylic acids is 1. The topological polar surface area (TPSA) is 32.3 Å². The van der Waals surface area contributed by atoms with Gasteiger partial charge in [-0.05, 0) is 5.92 Å². The second-order valence-electron chi connectivity index (χ2n) is 5.42. The van der Waals surface area contributed by atoms with Gasteiger partial charge >= 0.3 is 0 Å². The van der Waals surface area contributed by atoms with Gasteiger partial charge < -0.3 is 10.2 Å². The molecular weight excluding hydrogens is 264 g/mol. The molecule has 0 aromatic carbocycles. The van der Waals surface area contributed by atoms with Crippen LogP contribution in [0.1, 0.15) is 20.3 Å². The van der Waals surface area contributed by atoms with E-state index in [2.05, 4.69) is 24.1 Å². The van der Waals surface area contributed by atoms with Crippen LogP contribution in [0.3, 0.4) is 0 Å². The Morgan fingerprint density at radius 3 is 2.94 bits per heavy atom. The van der Waals surface area contributed by atoms with Gasteiger partial charge in [-0.15, -0.1) is 0 Å². The Labute approximate surface area is 119 Å². The Morgan fingerprint density at radius 2 is 2.28 bits per heavy atom. The molecule has 1 N–H and O–H groups in total. The minimum atomic E-state index is 0.348. The van der Waals surface area contributed by atoms with E-state index in [4.69, 9.17) is 0 Å². The Bertz CT molecular complexity index is 280. The first-order valence-electron chi connectivity index (χ1n) is 6.87. The summed E-state index contributed by atoms with van der Waals surface area (Å²) in [5.74, 6) is 4.37.